The summed E-state index contributed by atoms with van der Waals surface area (Å²) in [5.41, 5.74) is 0. The molecule has 1 heterocycles. The first-order valence-electron chi connectivity index (χ1n) is 6.58. The maximum Gasteiger partial charge on any atom is 0.313 e. The molecule has 0 saturated heterocycles. The molecule has 2 rings (SSSR count). The van der Waals surface area contributed by atoms with E-state index in [0.717, 1.165) is 25.1 Å². The number of carboxylic acids is 1. The average Bonchev–Trinajstić information content (AvgIpc) is 3.13. The zero-order valence-electron chi connectivity index (χ0n) is 11.6. The molecule has 0 bridgehead atoms. The average molecular weight is 317 g/mol. The van der Waals surface area contributed by atoms with Gasteiger partial charge >= 0.3 is 5.97 Å². The van der Waals surface area contributed by atoms with Crippen LogP contribution in [0, 0.1) is 0 Å². The van der Waals surface area contributed by atoms with Gasteiger partial charge in [0.05, 0.1) is 5.75 Å². The SMILES string of the molecule is CC(CCS(C)=O)n1c(SCC(=O)O)nnc1C1CC1. The summed E-state index contributed by atoms with van der Waals surface area (Å²) in [6.45, 7) is 2.05. The number of nitrogens with zero attached hydrogens (tertiary/aromatic N) is 3. The molecule has 2 unspecified atom stereocenters. The smallest absolute Gasteiger partial charge is 0.313 e. The van der Waals surface area contributed by atoms with Crippen molar-refractivity contribution in [2.75, 3.05) is 17.8 Å². The van der Waals surface area contributed by atoms with Crippen LogP contribution in [0.25, 0.3) is 0 Å². The Morgan fingerprint density at radius 2 is 2.25 bits per heavy atom. The van der Waals surface area contributed by atoms with Crippen molar-refractivity contribution in [3.8, 4) is 0 Å². The van der Waals surface area contributed by atoms with E-state index in [1.54, 1.807) is 6.26 Å². The molecule has 0 radical (unpaired) electrons. The lowest BCUT2D eigenvalue weighted by Crippen LogP contribution is -2.13. The lowest BCUT2D eigenvalue weighted by atomic mass is 10.2. The van der Waals surface area contributed by atoms with Crippen LogP contribution in [0.15, 0.2) is 5.16 Å². The summed E-state index contributed by atoms with van der Waals surface area (Å²) in [5, 5.41) is 17.8. The predicted octanol–water partition coefficient (Wildman–Crippen LogP) is 1.66. The van der Waals surface area contributed by atoms with Crippen molar-refractivity contribution in [2.45, 2.75) is 43.3 Å². The highest BCUT2D eigenvalue weighted by molar-refractivity contribution is 7.99. The van der Waals surface area contributed by atoms with Gasteiger partial charge in [0.2, 0.25) is 0 Å². The van der Waals surface area contributed by atoms with Crippen LogP contribution in [0.5, 0.6) is 0 Å². The molecule has 1 saturated carbocycles. The summed E-state index contributed by atoms with van der Waals surface area (Å²) < 4.78 is 13.3. The molecule has 0 aromatic carbocycles. The lowest BCUT2D eigenvalue weighted by molar-refractivity contribution is -0.133. The van der Waals surface area contributed by atoms with Crippen LogP contribution in [0.4, 0.5) is 0 Å². The van der Waals surface area contributed by atoms with Gasteiger partial charge in [-0.15, -0.1) is 10.2 Å². The van der Waals surface area contributed by atoms with E-state index in [-0.39, 0.29) is 11.8 Å². The third-order valence-electron chi connectivity index (χ3n) is 3.22. The topological polar surface area (TPSA) is 85.1 Å². The third kappa shape index (κ3) is 4.05. The van der Waals surface area contributed by atoms with E-state index in [0.29, 0.717) is 16.8 Å². The van der Waals surface area contributed by atoms with Gasteiger partial charge in [-0.05, 0) is 26.2 Å². The van der Waals surface area contributed by atoms with E-state index in [1.165, 1.54) is 11.8 Å². The highest BCUT2D eigenvalue weighted by atomic mass is 32.2. The summed E-state index contributed by atoms with van der Waals surface area (Å²) in [6, 6.07) is 0.140. The van der Waals surface area contributed by atoms with Crippen LogP contribution in [-0.2, 0) is 15.6 Å². The summed E-state index contributed by atoms with van der Waals surface area (Å²) in [4.78, 5) is 10.7. The highest BCUT2D eigenvalue weighted by Crippen LogP contribution is 2.41. The van der Waals surface area contributed by atoms with Crippen molar-refractivity contribution in [1.29, 1.82) is 0 Å². The zero-order chi connectivity index (χ0) is 14.7. The Bertz CT molecular complexity index is 514. The molecule has 0 spiro atoms. The number of carbonyl (C=O) groups is 1. The van der Waals surface area contributed by atoms with Gasteiger partial charge in [0.25, 0.3) is 0 Å². The molecule has 112 valence electrons. The van der Waals surface area contributed by atoms with E-state index >= 15 is 0 Å². The Morgan fingerprint density at radius 1 is 1.55 bits per heavy atom. The maximum atomic E-state index is 11.2. The van der Waals surface area contributed by atoms with Crippen LogP contribution < -0.4 is 0 Å². The number of thioether (sulfide) groups is 1. The molecule has 1 N–H and O–H groups in total. The summed E-state index contributed by atoms with van der Waals surface area (Å²) >= 11 is 1.20. The molecule has 1 aromatic heterocycles. The number of hydrogen-bond acceptors (Lipinski definition) is 5. The predicted molar refractivity (Wildman–Crippen MR) is 78.6 cm³/mol. The Hall–Kier alpha value is -0.890. The minimum absolute atomic E-state index is 0.0186. The Kier molecular flexibility index (Phi) is 5.20. The second-order valence-corrected chi connectivity index (χ2v) is 7.58. The number of hydrogen-bond donors (Lipinski definition) is 1. The number of carboxylic acid groups (broad SMARTS) is 1. The fourth-order valence-corrected chi connectivity index (χ4v) is 3.45. The van der Waals surface area contributed by atoms with Gasteiger partial charge < -0.3 is 9.67 Å². The molecule has 20 heavy (non-hydrogen) atoms. The quantitative estimate of drug-likeness (QED) is 0.734. The normalized spacial score (nSPS) is 17.9. The van der Waals surface area contributed by atoms with Gasteiger partial charge in [0.15, 0.2) is 5.16 Å². The molecule has 0 aliphatic heterocycles. The van der Waals surface area contributed by atoms with E-state index in [4.69, 9.17) is 5.11 Å². The molecule has 8 heteroatoms. The van der Waals surface area contributed by atoms with Crippen molar-refractivity contribution in [1.82, 2.24) is 14.8 Å². The molecule has 1 aliphatic carbocycles. The van der Waals surface area contributed by atoms with Gasteiger partial charge in [0.1, 0.15) is 5.82 Å². The van der Waals surface area contributed by atoms with E-state index < -0.39 is 16.8 Å². The van der Waals surface area contributed by atoms with Crippen LogP contribution in [0.2, 0.25) is 0 Å². The van der Waals surface area contributed by atoms with Crippen LogP contribution >= 0.6 is 11.8 Å². The van der Waals surface area contributed by atoms with E-state index in [9.17, 15) is 9.00 Å². The largest absolute Gasteiger partial charge is 0.481 e. The molecular weight excluding hydrogens is 298 g/mol. The van der Waals surface area contributed by atoms with Gasteiger partial charge in [0, 0.05) is 34.8 Å². The fourth-order valence-electron chi connectivity index (χ4n) is 2.01. The molecule has 0 amide bonds. The Labute approximate surface area is 124 Å². The zero-order valence-corrected chi connectivity index (χ0v) is 13.2. The van der Waals surface area contributed by atoms with Gasteiger partial charge in [-0.2, -0.15) is 0 Å². The Morgan fingerprint density at radius 3 is 2.80 bits per heavy atom. The molecule has 1 aromatic rings. The molecule has 1 fully saturated rings. The van der Waals surface area contributed by atoms with Crippen molar-refractivity contribution < 1.29 is 14.1 Å². The van der Waals surface area contributed by atoms with Crippen molar-refractivity contribution in [3.63, 3.8) is 0 Å². The van der Waals surface area contributed by atoms with Gasteiger partial charge in [-0.1, -0.05) is 11.8 Å². The third-order valence-corrected chi connectivity index (χ3v) is 4.96. The molecule has 6 nitrogen and oxygen atoms in total. The minimum Gasteiger partial charge on any atom is -0.481 e. The second-order valence-electron chi connectivity index (χ2n) is 5.08. The van der Waals surface area contributed by atoms with Crippen LogP contribution in [0.3, 0.4) is 0 Å². The Balaban J connectivity index is 2.15. The summed E-state index contributed by atoms with van der Waals surface area (Å²) in [5.74, 6) is 1.16. The number of aromatic nitrogens is 3. The van der Waals surface area contributed by atoms with Crippen molar-refractivity contribution >= 4 is 28.5 Å². The molecular formula is C12H19N3O3S2. The highest BCUT2D eigenvalue weighted by Gasteiger charge is 2.32. The second kappa shape index (κ2) is 6.71. The first kappa shape index (κ1) is 15.5. The van der Waals surface area contributed by atoms with Crippen molar-refractivity contribution in [2.24, 2.45) is 0 Å². The van der Waals surface area contributed by atoms with E-state index in [1.807, 2.05) is 11.5 Å². The fraction of sp³-hybridized carbons (Fsp3) is 0.750. The first-order valence-corrected chi connectivity index (χ1v) is 9.29. The van der Waals surface area contributed by atoms with Gasteiger partial charge in [-0.25, -0.2) is 0 Å². The van der Waals surface area contributed by atoms with E-state index in [2.05, 4.69) is 10.2 Å². The minimum atomic E-state index is -0.861. The first-order chi connectivity index (χ1) is 9.49. The maximum absolute atomic E-state index is 11.2. The standard InChI is InChI=1S/C12H19N3O3S2/c1-8(5-6-20(2)18)15-11(9-3-4-9)13-14-12(15)19-7-10(16)17/h8-9H,3-7H2,1-2H3,(H,16,17). The lowest BCUT2D eigenvalue weighted by Gasteiger charge is -2.17. The van der Waals surface area contributed by atoms with Crippen molar-refractivity contribution in [3.05, 3.63) is 5.82 Å². The number of aliphatic carboxylic acids is 1. The van der Waals surface area contributed by atoms with Crippen LogP contribution in [-0.4, -0.2) is 47.8 Å². The van der Waals surface area contributed by atoms with Crippen LogP contribution in [0.1, 0.15) is 44.0 Å². The van der Waals surface area contributed by atoms with Gasteiger partial charge in [-0.3, -0.25) is 9.00 Å². The summed E-state index contributed by atoms with van der Waals surface area (Å²) in [7, 11) is -0.822. The number of rotatable bonds is 8. The summed E-state index contributed by atoms with van der Waals surface area (Å²) in [6.07, 6.45) is 4.71. The monoisotopic (exact) mass is 317 g/mol. The molecule has 2 atom stereocenters. The molecule has 1 aliphatic rings.